The highest BCUT2D eigenvalue weighted by atomic mass is 19.4. The summed E-state index contributed by atoms with van der Waals surface area (Å²) in [4.78, 5) is 0. The van der Waals surface area contributed by atoms with E-state index < -0.39 is 30.4 Å². The number of hydrogen-bond donors (Lipinski definition) is 0. The maximum atomic E-state index is 11.7. The van der Waals surface area contributed by atoms with Gasteiger partial charge in [-0.15, -0.1) is 0 Å². The van der Waals surface area contributed by atoms with Crippen LogP contribution in [0, 0.1) is 0 Å². The molecule has 30 heavy (non-hydrogen) atoms. The molecule has 1 aromatic carbocycles. The summed E-state index contributed by atoms with van der Waals surface area (Å²) in [6.07, 6.45) is -38.8. The second-order valence-electron chi connectivity index (χ2n) is 7.32. The van der Waals surface area contributed by atoms with Gasteiger partial charge in [-0.05, 0) is 13.8 Å². The van der Waals surface area contributed by atoms with Gasteiger partial charge < -0.3 is 0 Å². The minimum Gasteiger partial charge on any atom is -0.215 e. The first-order valence-corrected chi connectivity index (χ1v) is 8.14. The van der Waals surface area contributed by atoms with E-state index >= 15 is 0 Å². The van der Waals surface area contributed by atoms with Crippen molar-refractivity contribution in [3.05, 3.63) is 29.8 Å². The molecule has 0 aliphatic carbocycles. The molecule has 0 N–H and O–H groups in total. The molecule has 0 bridgehead atoms. The Hall–Kier alpha value is -1.89. The summed E-state index contributed by atoms with van der Waals surface area (Å²) in [6.45, 7) is 6.77. The average Bonchev–Trinajstić information content (AvgIpc) is 2.64. The fraction of sp³-hybridized carbons (Fsp3) is 0.562. The minimum atomic E-state index is -8.58. The number of para-hydroxylation sites is 1. The molecule has 0 atom stereocenters. The Bertz CT molecular complexity index is 750. The summed E-state index contributed by atoms with van der Waals surface area (Å²) in [7, 11) is 2.14. The van der Waals surface area contributed by atoms with Crippen molar-refractivity contribution in [2.75, 3.05) is 7.05 Å². The Morgan fingerprint density at radius 3 is 1.30 bits per heavy atom. The van der Waals surface area contributed by atoms with Crippen LogP contribution in [0.25, 0.3) is 0 Å². The molecule has 1 aromatic rings. The zero-order valence-electron chi connectivity index (χ0n) is 15.9. The molecule has 14 heteroatoms. The lowest BCUT2D eigenvalue weighted by molar-refractivity contribution is -0.403. The third-order valence-electron chi connectivity index (χ3n) is 5.31. The smallest absolute Gasteiger partial charge is 0.215 e. The van der Waals surface area contributed by atoms with E-state index in [1.165, 1.54) is 17.0 Å². The number of benzene rings is 1. The molecule has 1 aliphatic rings. The van der Waals surface area contributed by atoms with Gasteiger partial charge in [-0.1, -0.05) is 18.2 Å². The van der Waals surface area contributed by atoms with Gasteiger partial charge in [-0.25, -0.2) is 57.3 Å². The van der Waals surface area contributed by atoms with E-state index in [0.717, 1.165) is 0 Å². The lowest BCUT2D eigenvalue weighted by Crippen LogP contribution is -2.79. The molecule has 0 radical (unpaired) electrons. The Kier molecular flexibility index (Phi) is 6.42. The molecule has 1 heterocycles. The van der Waals surface area contributed by atoms with Gasteiger partial charge >= 0.3 is 6.15 Å². The van der Waals surface area contributed by atoms with E-state index in [2.05, 4.69) is 56.7 Å². The molecule has 0 spiro atoms. The fourth-order valence-corrected chi connectivity index (χ4v) is 3.20. The molecular formula is C16H16BF12N. The normalized spacial score (nSPS) is 17.5. The number of fused-ring (bicyclic) bond motifs is 1. The van der Waals surface area contributed by atoms with E-state index in [-0.39, 0.29) is 5.41 Å². The number of hydrogen-bond acceptors (Lipinski definition) is 0. The predicted octanol–water partition coefficient (Wildman–Crippen LogP) is 6.55. The Morgan fingerprint density at radius 1 is 0.700 bits per heavy atom. The highest BCUT2D eigenvalue weighted by molar-refractivity contribution is 6.86. The second kappa shape index (κ2) is 7.36. The molecule has 2 rings (SSSR count). The van der Waals surface area contributed by atoms with Crippen molar-refractivity contribution >= 4 is 17.5 Å². The zero-order valence-corrected chi connectivity index (χ0v) is 15.9. The van der Waals surface area contributed by atoms with Gasteiger partial charge in [0.25, 0.3) is 24.3 Å². The largest absolute Gasteiger partial charge is 0.452 e. The molecule has 1 nitrogen and oxygen atoms in total. The van der Waals surface area contributed by atoms with Crippen LogP contribution in [-0.2, 0) is 5.41 Å². The van der Waals surface area contributed by atoms with Crippen LogP contribution < -0.4 is 0 Å². The first kappa shape index (κ1) is 26.2. The van der Waals surface area contributed by atoms with Crippen LogP contribution in [0.15, 0.2) is 24.3 Å². The average molecular weight is 461 g/mol. The van der Waals surface area contributed by atoms with Crippen molar-refractivity contribution in [2.45, 2.75) is 50.5 Å². The van der Waals surface area contributed by atoms with Gasteiger partial charge in [0, 0.05) is 18.6 Å². The summed E-state index contributed by atoms with van der Waals surface area (Å²) < 4.78 is 143. The minimum absolute atomic E-state index is 0.200. The van der Waals surface area contributed by atoms with Crippen molar-refractivity contribution < 1.29 is 57.3 Å². The first-order valence-electron chi connectivity index (χ1n) is 8.14. The fourth-order valence-electron chi connectivity index (χ4n) is 3.20. The number of halogens is 12. The van der Waals surface area contributed by atoms with Gasteiger partial charge in [0.15, 0.2) is 5.71 Å². The van der Waals surface area contributed by atoms with Gasteiger partial charge in [-0.2, -0.15) is 0 Å². The van der Waals surface area contributed by atoms with Crippen LogP contribution in [0.1, 0.15) is 26.3 Å². The van der Waals surface area contributed by atoms with Crippen LogP contribution in [0.3, 0.4) is 0 Å². The molecule has 1 aliphatic heterocycles. The Balaban J connectivity index is 0.000000308. The third-order valence-corrected chi connectivity index (χ3v) is 5.31. The van der Waals surface area contributed by atoms with Crippen LogP contribution >= 0.6 is 0 Å². The van der Waals surface area contributed by atoms with E-state index in [1.54, 1.807) is 0 Å². The predicted molar refractivity (Wildman–Crippen MR) is 86.0 cm³/mol. The molecule has 0 unspecified atom stereocenters. The summed E-state index contributed by atoms with van der Waals surface area (Å²) >= 11 is 0. The van der Waals surface area contributed by atoms with Crippen molar-refractivity contribution in [3.63, 3.8) is 0 Å². The van der Waals surface area contributed by atoms with Crippen molar-refractivity contribution in [1.29, 1.82) is 0 Å². The summed E-state index contributed by atoms with van der Waals surface area (Å²) in [6, 6.07) is 8.63. The molecule has 0 saturated carbocycles. The molecule has 0 amide bonds. The number of rotatable bonds is 0. The van der Waals surface area contributed by atoms with Crippen molar-refractivity contribution in [3.8, 4) is 0 Å². The first-order chi connectivity index (χ1) is 13.0. The highest BCUT2D eigenvalue weighted by Crippen LogP contribution is 2.57. The van der Waals surface area contributed by atoms with Gasteiger partial charge in [0.2, 0.25) is 5.69 Å². The number of alkyl halides is 12. The van der Waals surface area contributed by atoms with Gasteiger partial charge in [-0.3, -0.25) is 0 Å². The maximum absolute atomic E-state index is 11.7. The zero-order chi connectivity index (χ0) is 24.1. The van der Waals surface area contributed by atoms with E-state index in [0.29, 0.717) is 0 Å². The summed E-state index contributed by atoms with van der Waals surface area (Å²) in [5.41, 5.74) is 4.42. The Labute approximate surface area is 163 Å². The lowest BCUT2D eigenvalue weighted by Gasteiger charge is -2.44. The number of nitrogens with zero attached hydrogens (tertiary/aromatic N) is 1. The quantitative estimate of drug-likeness (QED) is 0.234. The SMILES string of the molecule is CC1=[N+](C)c2ccccc2C1(C)C.FC(F)(F)[B-](C(F)(F)F)(C(F)(F)F)C(F)(F)F. The van der Waals surface area contributed by atoms with E-state index in [1.807, 2.05) is 0 Å². The molecule has 172 valence electrons. The molecule has 0 fully saturated rings. The Morgan fingerprint density at radius 2 is 1.03 bits per heavy atom. The molecule has 0 saturated heterocycles. The van der Waals surface area contributed by atoms with Crippen molar-refractivity contribution in [1.82, 2.24) is 0 Å². The monoisotopic (exact) mass is 461 g/mol. The highest BCUT2D eigenvalue weighted by Gasteiger charge is 2.90. The molecular weight excluding hydrogens is 445 g/mol. The summed E-state index contributed by atoms with van der Waals surface area (Å²) in [5.74, 6) is 0. The van der Waals surface area contributed by atoms with Crippen LogP contribution in [-0.4, -0.2) is 47.8 Å². The molecule has 0 aromatic heterocycles. The van der Waals surface area contributed by atoms with Crippen molar-refractivity contribution in [2.24, 2.45) is 0 Å². The van der Waals surface area contributed by atoms with Crippen LogP contribution in [0.5, 0.6) is 0 Å². The maximum Gasteiger partial charge on any atom is 0.452 e. The second-order valence-corrected chi connectivity index (χ2v) is 7.32. The van der Waals surface area contributed by atoms with Crippen LogP contribution in [0.2, 0.25) is 0 Å². The van der Waals surface area contributed by atoms with Gasteiger partial charge in [0.05, 0.1) is 5.41 Å². The lowest BCUT2D eigenvalue weighted by atomic mass is 9.21. The van der Waals surface area contributed by atoms with Crippen LogP contribution in [0.4, 0.5) is 58.4 Å². The summed E-state index contributed by atoms with van der Waals surface area (Å²) in [5, 5.41) is 0. The standard InChI is InChI=1S/C12H16N.C4BF12/c1-9-12(2,3)10-7-5-6-8-11(10)13(9)4;6-1(7,8)5(2(9,10)11,3(12,13)14)4(15,16)17/h5-8H,1-4H3;/q+1;-1. The third kappa shape index (κ3) is 3.89. The van der Waals surface area contributed by atoms with Gasteiger partial charge in [0.1, 0.15) is 7.05 Å². The topological polar surface area (TPSA) is 3.01 Å². The van der Waals surface area contributed by atoms with E-state index in [9.17, 15) is 52.7 Å². The van der Waals surface area contributed by atoms with E-state index in [4.69, 9.17) is 0 Å².